The lowest BCUT2D eigenvalue weighted by atomic mass is 9.98. The maximum Gasteiger partial charge on any atom is 0.274 e. The number of ether oxygens (including phenoxy) is 1. The number of carbonyl (C=O) groups excluding carboxylic acids is 1. The minimum Gasteiger partial charge on any atom is -0.378 e. The van der Waals surface area contributed by atoms with Crippen molar-refractivity contribution in [3.63, 3.8) is 0 Å². The van der Waals surface area contributed by atoms with E-state index in [-0.39, 0.29) is 11.3 Å². The molecule has 130 valence electrons. The fourth-order valence-corrected chi connectivity index (χ4v) is 3.35. The van der Waals surface area contributed by atoms with Crippen molar-refractivity contribution in [1.82, 2.24) is 4.90 Å². The van der Waals surface area contributed by atoms with Gasteiger partial charge in [0.25, 0.3) is 5.91 Å². The number of morpholine rings is 1. The summed E-state index contributed by atoms with van der Waals surface area (Å²) in [6.07, 6.45) is 4.62. The summed E-state index contributed by atoms with van der Waals surface area (Å²) in [5.74, 6) is 0.142. The molecule has 0 N–H and O–H groups in total. The van der Waals surface area contributed by atoms with Gasteiger partial charge in [0.05, 0.1) is 18.9 Å². The van der Waals surface area contributed by atoms with Crippen LogP contribution in [0.15, 0.2) is 36.0 Å². The predicted molar refractivity (Wildman–Crippen MR) is 97.0 cm³/mol. The molecule has 1 aromatic carbocycles. The van der Waals surface area contributed by atoms with Gasteiger partial charge in [-0.15, -0.1) is 0 Å². The van der Waals surface area contributed by atoms with Crippen molar-refractivity contribution in [3.05, 3.63) is 41.6 Å². The van der Waals surface area contributed by atoms with Crippen LogP contribution in [0.2, 0.25) is 0 Å². The Labute approximate surface area is 145 Å². The van der Waals surface area contributed by atoms with Gasteiger partial charge in [-0.3, -0.25) is 4.79 Å². The lowest BCUT2D eigenvalue weighted by Crippen LogP contribution is -2.48. The van der Waals surface area contributed by atoms with E-state index in [0.29, 0.717) is 13.2 Å². The molecule has 24 heavy (non-hydrogen) atoms. The third-order valence-electron chi connectivity index (χ3n) is 4.97. The smallest absolute Gasteiger partial charge is 0.274 e. The molecule has 4 nitrogen and oxygen atoms in total. The molecule has 2 fully saturated rings. The number of nitrogens with zero attached hydrogens (tertiary/aromatic N) is 2. The Morgan fingerprint density at radius 1 is 1.04 bits per heavy atom. The van der Waals surface area contributed by atoms with Gasteiger partial charge in [0.2, 0.25) is 0 Å². The van der Waals surface area contributed by atoms with Crippen molar-refractivity contribution in [1.29, 1.82) is 0 Å². The average molecular weight is 328 g/mol. The summed E-state index contributed by atoms with van der Waals surface area (Å²) in [5, 5.41) is 0. The Bertz CT molecular complexity index is 611. The zero-order valence-electron chi connectivity index (χ0n) is 15.0. The first-order chi connectivity index (χ1) is 11.7. The molecule has 1 saturated carbocycles. The van der Waals surface area contributed by atoms with Gasteiger partial charge in [0.15, 0.2) is 0 Å². The van der Waals surface area contributed by atoms with Gasteiger partial charge in [-0.25, -0.2) is 0 Å². The highest BCUT2D eigenvalue weighted by atomic mass is 16.5. The molecular weight excluding hydrogens is 300 g/mol. The highest BCUT2D eigenvalue weighted by molar-refractivity contribution is 6.06. The van der Waals surface area contributed by atoms with Gasteiger partial charge < -0.3 is 14.5 Å². The Morgan fingerprint density at radius 2 is 1.67 bits per heavy atom. The highest BCUT2D eigenvalue weighted by Crippen LogP contribution is 2.51. The second-order valence-corrected chi connectivity index (χ2v) is 6.72. The molecule has 0 aromatic heterocycles. The number of hydrogen-bond donors (Lipinski definition) is 0. The molecular formula is C20H28N2O2. The van der Waals surface area contributed by atoms with Crippen molar-refractivity contribution in [2.45, 2.75) is 33.6 Å². The minimum absolute atomic E-state index is 0.142. The van der Waals surface area contributed by atoms with E-state index in [9.17, 15) is 4.79 Å². The number of amides is 1. The Morgan fingerprint density at radius 3 is 2.25 bits per heavy atom. The molecule has 4 rings (SSSR count). The Kier molecular flexibility index (Phi) is 4.95. The monoisotopic (exact) mass is 328 g/mol. The molecule has 1 saturated heterocycles. The van der Waals surface area contributed by atoms with Gasteiger partial charge in [-0.05, 0) is 38.0 Å². The summed E-state index contributed by atoms with van der Waals surface area (Å²) in [7, 11) is 0. The lowest BCUT2D eigenvalue weighted by molar-refractivity contribution is -0.117. The molecule has 2 heterocycles. The van der Waals surface area contributed by atoms with Crippen LogP contribution >= 0.6 is 0 Å². The number of anilines is 1. The van der Waals surface area contributed by atoms with Crippen LogP contribution in [0.5, 0.6) is 0 Å². The van der Waals surface area contributed by atoms with Crippen LogP contribution in [0.25, 0.3) is 0 Å². The molecule has 0 atom stereocenters. The summed E-state index contributed by atoms with van der Waals surface area (Å²) >= 11 is 0. The molecule has 2 aliphatic heterocycles. The normalized spacial score (nSPS) is 22.0. The largest absolute Gasteiger partial charge is 0.378 e. The number of hydrogen-bond acceptors (Lipinski definition) is 3. The SMILES string of the molecule is CC.Cc1ccc(N2CC3(C=C(N4CCOCC4)C2=O)CC3)cc1. The maximum absolute atomic E-state index is 13.0. The third-order valence-corrected chi connectivity index (χ3v) is 4.97. The molecule has 1 aromatic rings. The van der Waals surface area contributed by atoms with E-state index in [1.807, 2.05) is 18.7 Å². The van der Waals surface area contributed by atoms with E-state index in [4.69, 9.17) is 4.74 Å². The zero-order chi connectivity index (χ0) is 17.2. The third kappa shape index (κ3) is 3.34. The van der Waals surface area contributed by atoms with Gasteiger partial charge in [-0.1, -0.05) is 31.5 Å². The topological polar surface area (TPSA) is 32.8 Å². The van der Waals surface area contributed by atoms with E-state index in [2.05, 4.69) is 42.2 Å². The minimum atomic E-state index is 0.142. The van der Waals surface area contributed by atoms with Crippen molar-refractivity contribution in [2.75, 3.05) is 37.7 Å². The van der Waals surface area contributed by atoms with Crippen LogP contribution in [0.3, 0.4) is 0 Å². The van der Waals surface area contributed by atoms with Crippen molar-refractivity contribution in [3.8, 4) is 0 Å². The zero-order valence-corrected chi connectivity index (χ0v) is 15.0. The summed E-state index contributed by atoms with van der Waals surface area (Å²) in [4.78, 5) is 17.2. The fourth-order valence-electron chi connectivity index (χ4n) is 3.35. The van der Waals surface area contributed by atoms with Crippen LogP contribution in [-0.4, -0.2) is 43.7 Å². The second-order valence-electron chi connectivity index (χ2n) is 6.72. The fraction of sp³-hybridized carbons (Fsp3) is 0.550. The maximum atomic E-state index is 13.0. The van der Waals surface area contributed by atoms with Crippen molar-refractivity contribution < 1.29 is 9.53 Å². The predicted octanol–water partition coefficient (Wildman–Crippen LogP) is 3.36. The van der Waals surface area contributed by atoms with Crippen LogP contribution < -0.4 is 4.90 Å². The van der Waals surface area contributed by atoms with Gasteiger partial charge in [-0.2, -0.15) is 0 Å². The number of benzene rings is 1. The van der Waals surface area contributed by atoms with Gasteiger partial charge in [0, 0.05) is 30.7 Å². The highest BCUT2D eigenvalue weighted by Gasteiger charge is 2.48. The van der Waals surface area contributed by atoms with E-state index >= 15 is 0 Å². The molecule has 1 amide bonds. The standard InChI is InChI=1S/C18H22N2O2.C2H6/c1-14-2-4-15(5-3-14)20-13-18(6-7-18)12-16(17(20)21)19-8-10-22-11-9-19;1-2/h2-5,12H,6-11,13H2,1H3;1-2H3. The molecule has 4 heteroatoms. The lowest BCUT2D eigenvalue weighted by Gasteiger charge is -2.38. The van der Waals surface area contributed by atoms with Crippen LogP contribution in [-0.2, 0) is 9.53 Å². The molecule has 1 spiro atoms. The number of aryl methyl sites for hydroxylation is 1. The Hall–Kier alpha value is -1.81. The number of carbonyl (C=O) groups is 1. The number of rotatable bonds is 2. The Balaban J connectivity index is 0.000000815. The molecule has 0 radical (unpaired) electrons. The van der Waals surface area contributed by atoms with E-state index in [1.165, 1.54) is 18.4 Å². The summed E-state index contributed by atoms with van der Waals surface area (Å²) in [6, 6.07) is 8.28. The quantitative estimate of drug-likeness (QED) is 0.834. The molecule has 3 aliphatic rings. The molecule has 0 bridgehead atoms. The summed E-state index contributed by atoms with van der Waals surface area (Å²) in [5.41, 5.74) is 3.33. The summed E-state index contributed by atoms with van der Waals surface area (Å²) < 4.78 is 5.42. The van der Waals surface area contributed by atoms with Gasteiger partial charge in [0.1, 0.15) is 0 Å². The van der Waals surface area contributed by atoms with Crippen LogP contribution in [0.1, 0.15) is 32.3 Å². The van der Waals surface area contributed by atoms with Crippen LogP contribution in [0, 0.1) is 12.3 Å². The van der Waals surface area contributed by atoms with E-state index in [1.54, 1.807) is 0 Å². The second kappa shape index (κ2) is 6.98. The van der Waals surface area contributed by atoms with Gasteiger partial charge >= 0.3 is 0 Å². The molecule has 0 unspecified atom stereocenters. The first-order valence-corrected chi connectivity index (χ1v) is 9.11. The average Bonchev–Trinajstić information content (AvgIpc) is 3.39. The molecule has 1 aliphatic carbocycles. The summed E-state index contributed by atoms with van der Waals surface area (Å²) in [6.45, 7) is 9.95. The van der Waals surface area contributed by atoms with E-state index < -0.39 is 0 Å². The first-order valence-electron chi connectivity index (χ1n) is 9.11. The van der Waals surface area contributed by atoms with Crippen molar-refractivity contribution in [2.24, 2.45) is 5.41 Å². The first kappa shape index (κ1) is 17.0. The van der Waals surface area contributed by atoms with Crippen LogP contribution in [0.4, 0.5) is 5.69 Å². The van der Waals surface area contributed by atoms with E-state index in [0.717, 1.165) is 31.0 Å². The van der Waals surface area contributed by atoms with Crippen molar-refractivity contribution >= 4 is 11.6 Å².